The number of nitrogens with zero attached hydrogens (tertiary/aromatic N) is 3. The molecular weight excluding hydrogens is 186 g/mol. The molecule has 0 aliphatic rings. The molecule has 15 heavy (non-hydrogen) atoms. The van der Waals surface area contributed by atoms with Crippen LogP contribution in [0.3, 0.4) is 0 Å². The molecule has 0 N–H and O–H groups in total. The molecule has 3 heteroatoms. The zero-order chi connectivity index (χ0) is 10.9. The van der Waals surface area contributed by atoms with E-state index < -0.39 is 0 Å². The summed E-state index contributed by atoms with van der Waals surface area (Å²) in [5.74, 6) is 0.903. The topological polar surface area (TPSA) is 30.7 Å². The van der Waals surface area contributed by atoms with E-state index in [4.69, 9.17) is 0 Å². The van der Waals surface area contributed by atoms with Crippen molar-refractivity contribution in [1.29, 1.82) is 0 Å². The first kappa shape index (κ1) is 9.90. The Balaban J connectivity index is 2.37. The molecule has 2 aromatic rings. The first-order valence-corrected chi connectivity index (χ1v) is 5.03. The van der Waals surface area contributed by atoms with Crippen molar-refractivity contribution in [1.82, 2.24) is 14.5 Å². The summed E-state index contributed by atoms with van der Waals surface area (Å²) in [4.78, 5) is 8.65. The predicted molar refractivity (Wildman–Crippen MR) is 60.1 cm³/mol. The van der Waals surface area contributed by atoms with Gasteiger partial charge in [0.25, 0.3) is 0 Å². The zero-order valence-electron chi connectivity index (χ0n) is 9.31. The van der Waals surface area contributed by atoms with Gasteiger partial charge in [-0.2, -0.15) is 0 Å². The fourth-order valence-corrected chi connectivity index (χ4v) is 1.34. The van der Waals surface area contributed by atoms with Gasteiger partial charge in [-0.05, 0) is 12.1 Å². The molecule has 0 aromatic carbocycles. The predicted octanol–water partition coefficient (Wildman–Crippen LogP) is 2.56. The number of rotatable bonds is 1. The van der Waals surface area contributed by atoms with Crippen molar-refractivity contribution >= 4 is 0 Å². The first-order valence-electron chi connectivity index (χ1n) is 5.03. The van der Waals surface area contributed by atoms with E-state index in [2.05, 4.69) is 30.7 Å². The van der Waals surface area contributed by atoms with Crippen LogP contribution in [0, 0.1) is 0 Å². The third kappa shape index (κ3) is 2.06. The molecule has 3 nitrogen and oxygen atoms in total. The average molecular weight is 201 g/mol. The molecule has 0 bridgehead atoms. The lowest BCUT2D eigenvalue weighted by atomic mass is 9.93. The summed E-state index contributed by atoms with van der Waals surface area (Å²) in [7, 11) is 0. The molecule has 0 radical (unpaired) electrons. The van der Waals surface area contributed by atoms with Crippen molar-refractivity contribution < 1.29 is 0 Å². The van der Waals surface area contributed by atoms with E-state index in [9.17, 15) is 0 Å². The van der Waals surface area contributed by atoms with Crippen LogP contribution in [0.4, 0.5) is 0 Å². The molecule has 0 amide bonds. The van der Waals surface area contributed by atoms with Gasteiger partial charge in [0.2, 0.25) is 0 Å². The molecule has 0 unspecified atom stereocenters. The Morgan fingerprint density at radius 1 is 1.13 bits per heavy atom. The molecule has 0 fully saturated rings. The van der Waals surface area contributed by atoms with Gasteiger partial charge < -0.3 is 0 Å². The van der Waals surface area contributed by atoms with E-state index in [0.717, 1.165) is 11.5 Å². The quantitative estimate of drug-likeness (QED) is 0.710. The average Bonchev–Trinajstić information content (AvgIpc) is 2.67. The molecule has 2 aromatic heterocycles. The fraction of sp³-hybridized carbons (Fsp3) is 0.333. The maximum atomic E-state index is 4.39. The largest absolute Gasteiger partial charge is 0.290 e. The highest BCUT2D eigenvalue weighted by Gasteiger charge is 2.16. The maximum absolute atomic E-state index is 4.39. The van der Waals surface area contributed by atoms with Crippen LogP contribution in [0.2, 0.25) is 0 Å². The van der Waals surface area contributed by atoms with Gasteiger partial charge in [-0.25, -0.2) is 9.97 Å². The van der Waals surface area contributed by atoms with Crippen molar-refractivity contribution in [3.05, 3.63) is 42.6 Å². The van der Waals surface area contributed by atoms with Crippen LogP contribution < -0.4 is 0 Å². The zero-order valence-corrected chi connectivity index (χ0v) is 9.31. The molecule has 2 rings (SSSR count). The third-order valence-electron chi connectivity index (χ3n) is 2.26. The molecular formula is C12H15N3. The van der Waals surface area contributed by atoms with E-state index >= 15 is 0 Å². The van der Waals surface area contributed by atoms with E-state index in [1.165, 1.54) is 0 Å². The van der Waals surface area contributed by atoms with E-state index in [1.54, 1.807) is 6.20 Å². The molecule has 0 saturated carbocycles. The van der Waals surface area contributed by atoms with Crippen LogP contribution >= 0.6 is 0 Å². The van der Waals surface area contributed by atoms with Gasteiger partial charge in [0.1, 0.15) is 12.1 Å². The second-order valence-corrected chi connectivity index (χ2v) is 4.60. The van der Waals surface area contributed by atoms with Crippen molar-refractivity contribution in [2.24, 2.45) is 0 Å². The summed E-state index contributed by atoms with van der Waals surface area (Å²) < 4.78 is 1.95. The van der Waals surface area contributed by atoms with Crippen LogP contribution in [0.1, 0.15) is 26.5 Å². The fourth-order valence-electron chi connectivity index (χ4n) is 1.34. The normalized spacial score (nSPS) is 11.7. The molecule has 78 valence electrons. The molecule has 0 aliphatic heterocycles. The number of hydrogen-bond donors (Lipinski definition) is 0. The van der Waals surface area contributed by atoms with Gasteiger partial charge in [0.15, 0.2) is 0 Å². The second kappa shape index (κ2) is 3.50. The summed E-state index contributed by atoms with van der Waals surface area (Å²) in [5, 5.41) is 0. The number of pyridine rings is 1. The van der Waals surface area contributed by atoms with Gasteiger partial charge in [-0.1, -0.05) is 26.8 Å². The Morgan fingerprint density at radius 3 is 2.47 bits per heavy atom. The number of imidazole rings is 1. The van der Waals surface area contributed by atoms with Gasteiger partial charge in [-0.15, -0.1) is 0 Å². The van der Waals surface area contributed by atoms with Crippen molar-refractivity contribution in [2.75, 3.05) is 0 Å². The third-order valence-corrected chi connectivity index (χ3v) is 2.26. The van der Waals surface area contributed by atoms with E-state index in [1.807, 2.05) is 35.3 Å². The number of aromatic nitrogens is 3. The van der Waals surface area contributed by atoms with Crippen molar-refractivity contribution in [2.45, 2.75) is 26.2 Å². The van der Waals surface area contributed by atoms with Gasteiger partial charge >= 0.3 is 0 Å². The Bertz CT molecular complexity index is 437. The monoisotopic (exact) mass is 201 g/mol. The smallest absolute Gasteiger partial charge is 0.137 e. The second-order valence-electron chi connectivity index (χ2n) is 4.60. The van der Waals surface area contributed by atoms with Gasteiger partial charge in [-0.3, -0.25) is 4.57 Å². The lowest BCUT2D eigenvalue weighted by Gasteiger charge is -2.14. The molecule has 2 heterocycles. The van der Waals surface area contributed by atoms with Crippen molar-refractivity contribution in [3.8, 4) is 5.82 Å². The number of hydrogen-bond acceptors (Lipinski definition) is 2. The van der Waals surface area contributed by atoms with Crippen molar-refractivity contribution in [3.63, 3.8) is 0 Å². The highest BCUT2D eigenvalue weighted by Crippen LogP contribution is 2.20. The summed E-state index contributed by atoms with van der Waals surface area (Å²) in [6.07, 6.45) is 5.62. The molecule has 0 atom stereocenters. The van der Waals surface area contributed by atoms with E-state index in [0.29, 0.717) is 0 Å². The molecule has 0 spiro atoms. The van der Waals surface area contributed by atoms with Crippen LogP contribution in [0.5, 0.6) is 0 Å². The van der Waals surface area contributed by atoms with Crippen LogP contribution in [-0.4, -0.2) is 14.5 Å². The minimum Gasteiger partial charge on any atom is -0.290 e. The SMILES string of the molecule is CC(C)(C)c1cn(-c2ccccn2)cn1. The Kier molecular flexibility index (Phi) is 2.31. The first-order chi connectivity index (χ1) is 7.07. The highest BCUT2D eigenvalue weighted by molar-refractivity contribution is 5.24. The van der Waals surface area contributed by atoms with Gasteiger partial charge in [0.05, 0.1) is 5.69 Å². The van der Waals surface area contributed by atoms with Crippen LogP contribution in [0.25, 0.3) is 5.82 Å². The van der Waals surface area contributed by atoms with Gasteiger partial charge in [0, 0.05) is 17.8 Å². The lowest BCUT2D eigenvalue weighted by molar-refractivity contribution is 0.572. The minimum atomic E-state index is 0.0834. The summed E-state index contributed by atoms with van der Waals surface area (Å²) >= 11 is 0. The molecule has 0 aliphatic carbocycles. The van der Waals surface area contributed by atoms with Crippen LogP contribution in [-0.2, 0) is 5.41 Å². The maximum Gasteiger partial charge on any atom is 0.137 e. The van der Waals surface area contributed by atoms with Crippen LogP contribution in [0.15, 0.2) is 36.9 Å². The highest BCUT2D eigenvalue weighted by atomic mass is 15.1. The molecule has 0 saturated heterocycles. The summed E-state index contributed by atoms with van der Waals surface area (Å²) in [6.45, 7) is 6.45. The minimum absolute atomic E-state index is 0.0834. The standard InChI is InChI=1S/C12H15N3/c1-12(2,3)10-8-15(9-14-10)11-6-4-5-7-13-11/h4-9H,1-3H3. The Morgan fingerprint density at radius 2 is 1.93 bits per heavy atom. The Labute approximate surface area is 89.8 Å². The Hall–Kier alpha value is -1.64. The lowest BCUT2D eigenvalue weighted by Crippen LogP contribution is -2.11. The summed E-state index contributed by atoms with van der Waals surface area (Å²) in [5.41, 5.74) is 1.16. The van der Waals surface area contributed by atoms with E-state index in [-0.39, 0.29) is 5.41 Å². The summed E-state index contributed by atoms with van der Waals surface area (Å²) in [6, 6.07) is 5.85.